The minimum Gasteiger partial charge on any atom is -0.382 e. The Hall–Kier alpha value is -3.32. The van der Waals surface area contributed by atoms with Crippen LogP contribution in [0.25, 0.3) is 22.3 Å². The molecule has 4 aromatic heterocycles. The van der Waals surface area contributed by atoms with Gasteiger partial charge in [0.2, 0.25) is 5.95 Å². The SMILES string of the molecule is Nc1nc2c(ncn2[C@@H]2CC3COP(=O)(O)O[C@@H]4C[C@H](n5cnc6c(N)ncnc65)OC4COP(=O)(O)O[C@@H]3C2)c(=O)[nH]1. The van der Waals surface area contributed by atoms with Gasteiger partial charge in [-0.1, -0.05) is 0 Å². The van der Waals surface area contributed by atoms with E-state index in [1.54, 1.807) is 9.13 Å². The van der Waals surface area contributed by atoms with Gasteiger partial charge >= 0.3 is 15.6 Å². The summed E-state index contributed by atoms with van der Waals surface area (Å²) in [6.07, 6.45) is 0.572. The Bertz CT molecular complexity index is 1860. The number of anilines is 2. The topological polar surface area (TPSA) is 280 Å². The van der Waals surface area contributed by atoms with E-state index in [9.17, 15) is 23.7 Å². The Balaban J connectivity index is 1.13. The van der Waals surface area contributed by atoms with E-state index >= 15 is 0 Å². The van der Waals surface area contributed by atoms with Gasteiger partial charge in [-0.2, -0.15) is 4.98 Å². The van der Waals surface area contributed by atoms with Gasteiger partial charge in [-0.15, -0.1) is 0 Å². The maximum absolute atomic E-state index is 13.1. The number of nitrogens with zero attached hydrogens (tertiary/aromatic N) is 7. The van der Waals surface area contributed by atoms with Gasteiger partial charge in [0.05, 0.1) is 32.0 Å². The zero-order chi connectivity index (χ0) is 30.1. The van der Waals surface area contributed by atoms with Crippen molar-refractivity contribution in [2.45, 2.75) is 49.8 Å². The van der Waals surface area contributed by atoms with Crippen LogP contribution in [-0.2, 0) is 32.0 Å². The molecular weight excluding hydrogens is 614 g/mol. The number of nitrogens with two attached hydrogens (primary N) is 2. The molecular formula is C21H26N10O10P2. The summed E-state index contributed by atoms with van der Waals surface area (Å²) in [4.78, 5) is 56.4. The molecule has 4 aromatic rings. The van der Waals surface area contributed by atoms with Crippen LogP contribution in [0.3, 0.4) is 0 Å². The fraction of sp³-hybridized carbons (Fsp3) is 0.524. The maximum atomic E-state index is 13.1. The van der Waals surface area contributed by atoms with E-state index in [0.29, 0.717) is 11.2 Å². The summed E-state index contributed by atoms with van der Waals surface area (Å²) in [7, 11) is -9.34. The lowest BCUT2D eigenvalue weighted by Gasteiger charge is -2.27. The van der Waals surface area contributed by atoms with Crippen molar-refractivity contribution in [1.82, 2.24) is 39.0 Å². The van der Waals surface area contributed by atoms with Crippen molar-refractivity contribution >= 4 is 49.7 Å². The molecule has 2 aliphatic heterocycles. The van der Waals surface area contributed by atoms with Crippen LogP contribution < -0.4 is 17.0 Å². The van der Waals surface area contributed by atoms with Crippen LogP contribution in [0.15, 0.2) is 23.8 Å². The highest BCUT2D eigenvalue weighted by Gasteiger charge is 2.47. The lowest BCUT2D eigenvalue weighted by Crippen LogP contribution is -2.30. The molecule has 3 aliphatic rings. The summed E-state index contributed by atoms with van der Waals surface area (Å²) in [6, 6.07) is -0.437. The van der Waals surface area contributed by atoms with Crippen molar-refractivity contribution in [3.63, 3.8) is 0 Å². The van der Waals surface area contributed by atoms with E-state index in [1.807, 2.05) is 0 Å². The Labute approximate surface area is 240 Å². The van der Waals surface area contributed by atoms with Gasteiger partial charge in [-0.05, 0) is 12.8 Å². The smallest absolute Gasteiger partial charge is 0.382 e. The number of rotatable bonds is 2. The third kappa shape index (κ3) is 5.34. The van der Waals surface area contributed by atoms with Gasteiger partial charge in [0.1, 0.15) is 30.3 Å². The first-order chi connectivity index (χ1) is 20.5. The van der Waals surface area contributed by atoms with Gasteiger partial charge in [0.25, 0.3) is 5.56 Å². The molecule has 230 valence electrons. The number of nitrogens with one attached hydrogen (secondary N) is 1. The van der Waals surface area contributed by atoms with E-state index < -0.39 is 64.3 Å². The number of nitrogen functional groups attached to an aromatic ring is 2. The minimum atomic E-state index is -4.68. The van der Waals surface area contributed by atoms with Gasteiger partial charge in [-0.3, -0.25) is 32.4 Å². The second-order valence-corrected chi connectivity index (χ2v) is 13.2. The predicted molar refractivity (Wildman–Crippen MR) is 144 cm³/mol. The van der Waals surface area contributed by atoms with E-state index in [-0.39, 0.29) is 48.8 Å². The molecule has 1 saturated carbocycles. The summed E-state index contributed by atoms with van der Waals surface area (Å²) in [6.45, 7) is -0.876. The number of phosphoric acid groups is 2. The Morgan fingerprint density at radius 3 is 2.40 bits per heavy atom. The normalized spacial score (nSPS) is 35.4. The van der Waals surface area contributed by atoms with E-state index in [2.05, 4.69) is 29.9 Å². The standard InChI is InChI=1S/C21H26N10O10P2/c22-17-15-18(25-6-24-17)31(8-26-15)14-3-12-13(39-14)5-38-43(35,36)40-11-2-10(1-9(11)4-37-42(33,34)41-12)30-7-27-16-19(30)28-21(23)29-20(16)32/h6-14H,1-5H2,(H,33,34)(H,35,36)(H2,22,24,25)(H3,23,28,29,32)/t9?,10-,11-,12-,13?,14-/m1/s1. The van der Waals surface area contributed by atoms with Crippen LogP contribution >= 0.6 is 15.6 Å². The van der Waals surface area contributed by atoms with Crippen LogP contribution in [0.1, 0.15) is 31.5 Å². The maximum Gasteiger partial charge on any atom is 0.472 e. The van der Waals surface area contributed by atoms with Crippen LogP contribution in [0.4, 0.5) is 11.8 Å². The Morgan fingerprint density at radius 2 is 1.58 bits per heavy atom. The van der Waals surface area contributed by atoms with Gasteiger partial charge in [0.15, 0.2) is 22.6 Å². The van der Waals surface area contributed by atoms with Crippen molar-refractivity contribution in [2.75, 3.05) is 24.7 Å². The quantitative estimate of drug-likeness (QED) is 0.185. The number of fused-ring (bicyclic) bond motifs is 4. The molecule has 43 heavy (non-hydrogen) atoms. The molecule has 22 heteroatoms. The molecule has 7 rings (SSSR count). The lowest BCUT2D eigenvalue weighted by molar-refractivity contribution is -0.0510. The predicted octanol–water partition coefficient (Wildman–Crippen LogP) is 0.380. The molecule has 2 saturated heterocycles. The number of ether oxygens (including phenoxy) is 1. The Morgan fingerprint density at radius 1 is 0.860 bits per heavy atom. The van der Waals surface area contributed by atoms with E-state index in [1.165, 1.54) is 19.0 Å². The van der Waals surface area contributed by atoms with Crippen LogP contribution in [-0.4, -0.2) is 80.4 Å². The molecule has 0 spiro atoms. The Kier molecular flexibility index (Phi) is 6.88. The number of imidazole rings is 2. The molecule has 3 fully saturated rings. The number of hydrogen-bond donors (Lipinski definition) is 5. The molecule has 1 aliphatic carbocycles. The lowest BCUT2D eigenvalue weighted by atomic mass is 10.1. The van der Waals surface area contributed by atoms with Gasteiger partial charge < -0.3 is 30.6 Å². The third-order valence-electron chi connectivity index (χ3n) is 7.72. The second-order valence-electron chi connectivity index (χ2n) is 10.4. The highest BCUT2D eigenvalue weighted by Crippen LogP contribution is 2.55. The number of aromatic amines is 1. The molecule has 0 bridgehead atoms. The van der Waals surface area contributed by atoms with Gasteiger partial charge in [-0.25, -0.2) is 29.1 Å². The molecule has 0 radical (unpaired) electrons. The van der Waals surface area contributed by atoms with Crippen LogP contribution in [0, 0.1) is 5.92 Å². The summed E-state index contributed by atoms with van der Waals surface area (Å²) < 4.78 is 57.0. The van der Waals surface area contributed by atoms with Gasteiger partial charge in [0, 0.05) is 18.4 Å². The fourth-order valence-electron chi connectivity index (χ4n) is 5.77. The average molecular weight is 640 g/mol. The number of aromatic nitrogens is 8. The highest BCUT2D eigenvalue weighted by molar-refractivity contribution is 7.47. The molecule has 0 amide bonds. The largest absolute Gasteiger partial charge is 0.472 e. The summed E-state index contributed by atoms with van der Waals surface area (Å²) in [5, 5.41) is 0. The third-order valence-corrected chi connectivity index (χ3v) is 9.74. The highest BCUT2D eigenvalue weighted by atomic mass is 31.2. The molecule has 7 N–H and O–H groups in total. The van der Waals surface area contributed by atoms with E-state index in [4.69, 9.17) is 34.3 Å². The fourth-order valence-corrected chi connectivity index (χ4v) is 7.77. The first-order valence-corrected chi connectivity index (χ1v) is 16.1. The molecule has 20 nitrogen and oxygen atoms in total. The molecule has 8 atom stereocenters. The van der Waals surface area contributed by atoms with Crippen molar-refractivity contribution in [3.8, 4) is 0 Å². The van der Waals surface area contributed by atoms with Crippen molar-refractivity contribution in [2.24, 2.45) is 5.92 Å². The minimum absolute atomic E-state index is 0.0188. The first-order valence-electron chi connectivity index (χ1n) is 13.1. The van der Waals surface area contributed by atoms with Crippen molar-refractivity contribution in [1.29, 1.82) is 0 Å². The zero-order valence-corrected chi connectivity index (χ0v) is 23.9. The van der Waals surface area contributed by atoms with Crippen LogP contribution in [0.2, 0.25) is 0 Å². The number of phosphoric ester groups is 2. The summed E-state index contributed by atoms with van der Waals surface area (Å²) in [5.74, 6) is -0.605. The zero-order valence-electron chi connectivity index (χ0n) is 22.1. The molecule has 0 aromatic carbocycles. The first kappa shape index (κ1) is 28.5. The van der Waals surface area contributed by atoms with Crippen molar-refractivity contribution < 1.29 is 41.7 Å². The monoisotopic (exact) mass is 640 g/mol. The van der Waals surface area contributed by atoms with Crippen molar-refractivity contribution in [3.05, 3.63) is 29.3 Å². The van der Waals surface area contributed by atoms with Crippen LogP contribution in [0.5, 0.6) is 0 Å². The summed E-state index contributed by atoms with van der Waals surface area (Å²) >= 11 is 0. The average Bonchev–Trinajstić information content (AvgIpc) is 3.71. The van der Waals surface area contributed by atoms with E-state index in [0.717, 1.165) is 0 Å². The number of hydrogen-bond acceptors (Lipinski definition) is 15. The summed E-state index contributed by atoms with van der Waals surface area (Å²) in [5.41, 5.74) is 12.0. The molecule has 4 unspecified atom stereocenters. The molecule has 6 heterocycles. The second kappa shape index (κ2) is 10.4. The number of H-pyrrole nitrogens is 1.